The highest BCUT2D eigenvalue weighted by atomic mass is 16.2. The molecule has 1 saturated carbocycles. The molecule has 100 valence electrons. The van der Waals surface area contributed by atoms with Crippen LogP contribution >= 0.6 is 0 Å². The Balaban J connectivity index is 2.12. The first-order valence-electron chi connectivity index (χ1n) is 6.39. The van der Waals surface area contributed by atoms with Crippen LogP contribution in [0, 0.1) is 5.92 Å². The maximum Gasteiger partial charge on any atom is 0.265 e. The summed E-state index contributed by atoms with van der Waals surface area (Å²) in [7, 11) is 0. The summed E-state index contributed by atoms with van der Waals surface area (Å²) in [5.41, 5.74) is 12.2. The van der Waals surface area contributed by atoms with Crippen LogP contribution in [0.25, 0.3) is 10.4 Å². The Kier molecular flexibility index (Phi) is 4.39. The molecule has 0 heterocycles. The van der Waals surface area contributed by atoms with E-state index in [0.717, 1.165) is 12.0 Å². The summed E-state index contributed by atoms with van der Waals surface area (Å²) >= 11 is 0. The Morgan fingerprint density at radius 1 is 1.47 bits per heavy atom. The summed E-state index contributed by atoms with van der Waals surface area (Å²) < 4.78 is 0. The molecule has 6 heteroatoms. The molecular weight excluding hydrogens is 242 g/mol. The molecule has 1 aliphatic carbocycles. The van der Waals surface area contributed by atoms with E-state index in [1.807, 2.05) is 12.1 Å². The number of nitrogens with zero attached hydrogens (tertiary/aromatic N) is 3. The first-order chi connectivity index (χ1) is 9.24. The third-order valence-electron chi connectivity index (χ3n) is 3.66. The molecule has 19 heavy (non-hydrogen) atoms. The van der Waals surface area contributed by atoms with E-state index in [4.69, 9.17) is 11.4 Å². The van der Waals surface area contributed by atoms with Crippen molar-refractivity contribution in [3.63, 3.8) is 0 Å². The minimum Gasteiger partial charge on any atom is -0.290 e. The van der Waals surface area contributed by atoms with Crippen LogP contribution in [0.5, 0.6) is 0 Å². The van der Waals surface area contributed by atoms with Gasteiger partial charge in [0.1, 0.15) is 0 Å². The fourth-order valence-corrected chi connectivity index (χ4v) is 2.30. The van der Waals surface area contributed by atoms with Gasteiger partial charge in [0, 0.05) is 10.5 Å². The number of nitrogens with one attached hydrogen (secondary N) is 1. The standard InChI is InChI=1S/C13H17N5O/c14-16-13(19)11-6-4-10(5-7-11)12(17-18-15)8-9-2-1-3-9/h4-7,9,12H,1-3,8,14H2,(H,16,19). The van der Waals surface area contributed by atoms with Crippen molar-refractivity contribution >= 4 is 5.91 Å². The number of rotatable bonds is 5. The number of hydrogen-bond donors (Lipinski definition) is 2. The van der Waals surface area contributed by atoms with Gasteiger partial charge in [0.2, 0.25) is 0 Å². The second-order valence-corrected chi connectivity index (χ2v) is 4.85. The number of nitrogen functional groups attached to an aromatic ring is 1. The lowest BCUT2D eigenvalue weighted by atomic mass is 9.80. The van der Waals surface area contributed by atoms with Gasteiger partial charge in [0.25, 0.3) is 5.91 Å². The van der Waals surface area contributed by atoms with Gasteiger partial charge >= 0.3 is 0 Å². The number of hydrogen-bond acceptors (Lipinski definition) is 3. The van der Waals surface area contributed by atoms with Crippen LogP contribution in [0.3, 0.4) is 0 Å². The molecule has 0 spiro atoms. The summed E-state index contributed by atoms with van der Waals surface area (Å²) in [5.74, 6) is 5.40. The molecule has 0 saturated heterocycles. The van der Waals surface area contributed by atoms with Crippen molar-refractivity contribution in [2.75, 3.05) is 0 Å². The van der Waals surface area contributed by atoms with Crippen LogP contribution in [-0.2, 0) is 0 Å². The minimum absolute atomic E-state index is 0.148. The zero-order valence-electron chi connectivity index (χ0n) is 10.6. The summed E-state index contributed by atoms with van der Waals surface area (Å²) in [6.07, 6.45) is 4.58. The van der Waals surface area contributed by atoms with Gasteiger partial charge in [-0.1, -0.05) is 36.5 Å². The van der Waals surface area contributed by atoms with E-state index in [-0.39, 0.29) is 11.9 Å². The average molecular weight is 259 g/mol. The van der Waals surface area contributed by atoms with Crippen molar-refractivity contribution in [3.8, 4) is 0 Å². The molecule has 1 amide bonds. The highest BCUT2D eigenvalue weighted by Gasteiger charge is 2.22. The molecule has 0 radical (unpaired) electrons. The molecule has 1 fully saturated rings. The number of azide groups is 1. The Labute approximate surface area is 111 Å². The van der Waals surface area contributed by atoms with Crippen molar-refractivity contribution in [1.82, 2.24) is 5.43 Å². The first-order valence-corrected chi connectivity index (χ1v) is 6.39. The van der Waals surface area contributed by atoms with E-state index in [0.29, 0.717) is 11.5 Å². The normalized spacial score (nSPS) is 16.1. The zero-order valence-corrected chi connectivity index (χ0v) is 10.6. The summed E-state index contributed by atoms with van der Waals surface area (Å²) in [4.78, 5) is 14.3. The van der Waals surface area contributed by atoms with Crippen LogP contribution in [0.2, 0.25) is 0 Å². The van der Waals surface area contributed by atoms with E-state index in [9.17, 15) is 4.79 Å². The van der Waals surface area contributed by atoms with Gasteiger partial charge in [-0.05, 0) is 35.6 Å². The molecule has 1 aromatic rings. The third-order valence-corrected chi connectivity index (χ3v) is 3.66. The number of carbonyl (C=O) groups excluding carboxylic acids is 1. The van der Waals surface area contributed by atoms with Gasteiger partial charge in [0.05, 0.1) is 6.04 Å². The van der Waals surface area contributed by atoms with Crippen LogP contribution < -0.4 is 11.3 Å². The van der Waals surface area contributed by atoms with E-state index in [1.54, 1.807) is 12.1 Å². The molecule has 3 N–H and O–H groups in total. The van der Waals surface area contributed by atoms with Gasteiger partial charge in [-0.3, -0.25) is 10.2 Å². The van der Waals surface area contributed by atoms with Crippen molar-refractivity contribution in [2.45, 2.75) is 31.7 Å². The molecule has 0 aromatic heterocycles. The molecule has 1 unspecified atom stereocenters. The number of amides is 1. The lowest BCUT2D eigenvalue weighted by Crippen LogP contribution is -2.29. The van der Waals surface area contributed by atoms with Gasteiger partial charge in [-0.25, -0.2) is 5.84 Å². The monoisotopic (exact) mass is 259 g/mol. The molecular formula is C13H17N5O. The predicted octanol–water partition coefficient (Wildman–Crippen LogP) is 2.83. The summed E-state index contributed by atoms with van der Waals surface area (Å²) in [6.45, 7) is 0. The van der Waals surface area contributed by atoms with E-state index in [1.165, 1.54) is 19.3 Å². The second kappa shape index (κ2) is 6.22. The van der Waals surface area contributed by atoms with Gasteiger partial charge < -0.3 is 0 Å². The fraction of sp³-hybridized carbons (Fsp3) is 0.462. The van der Waals surface area contributed by atoms with Crippen LogP contribution in [0.4, 0.5) is 0 Å². The maximum atomic E-state index is 11.3. The second-order valence-electron chi connectivity index (χ2n) is 4.85. The number of hydrazine groups is 1. The van der Waals surface area contributed by atoms with E-state index >= 15 is 0 Å². The molecule has 0 aliphatic heterocycles. The lowest BCUT2D eigenvalue weighted by molar-refractivity contribution is 0.0953. The van der Waals surface area contributed by atoms with E-state index < -0.39 is 0 Å². The smallest absolute Gasteiger partial charge is 0.265 e. The first kappa shape index (κ1) is 13.4. The van der Waals surface area contributed by atoms with Gasteiger partial charge in [-0.15, -0.1) is 0 Å². The Morgan fingerprint density at radius 3 is 2.63 bits per heavy atom. The van der Waals surface area contributed by atoms with Crippen molar-refractivity contribution in [1.29, 1.82) is 0 Å². The number of benzene rings is 1. The van der Waals surface area contributed by atoms with Crippen molar-refractivity contribution in [3.05, 3.63) is 45.8 Å². The topological polar surface area (TPSA) is 104 Å². The average Bonchev–Trinajstić information content (AvgIpc) is 2.40. The molecule has 0 bridgehead atoms. The quantitative estimate of drug-likeness (QED) is 0.212. The van der Waals surface area contributed by atoms with Gasteiger partial charge in [-0.2, -0.15) is 0 Å². The molecule has 1 atom stereocenters. The molecule has 2 rings (SSSR count). The highest BCUT2D eigenvalue weighted by Crippen LogP contribution is 2.36. The van der Waals surface area contributed by atoms with Crippen LogP contribution in [0.15, 0.2) is 29.4 Å². The molecule has 1 aromatic carbocycles. The number of carbonyl (C=O) groups is 1. The largest absolute Gasteiger partial charge is 0.290 e. The van der Waals surface area contributed by atoms with Crippen LogP contribution in [0.1, 0.15) is 47.6 Å². The lowest BCUT2D eigenvalue weighted by Gasteiger charge is -2.28. The maximum absolute atomic E-state index is 11.3. The predicted molar refractivity (Wildman–Crippen MR) is 71.9 cm³/mol. The Hall–Kier alpha value is -2.04. The van der Waals surface area contributed by atoms with Crippen LogP contribution in [-0.4, -0.2) is 5.91 Å². The summed E-state index contributed by atoms with van der Waals surface area (Å²) in [5, 5.41) is 3.87. The highest BCUT2D eigenvalue weighted by molar-refractivity contribution is 5.93. The molecule has 1 aliphatic rings. The minimum atomic E-state index is -0.328. The van der Waals surface area contributed by atoms with Gasteiger partial charge in [0.15, 0.2) is 0 Å². The Morgan fingerprint density at radius 2 is 2.16 bits per heavy atom. The Bertz CT molecular complexity index is 488. The SMILES string of the molecule is [N-]=[N+]=NC(CC1CCC1)c1ccc(C(=O)NN)cc1. The number of nitrogens with two attached hydrogens (primary N) is 1. The molecule has 6 nitrogen and oxygen atoms in total. The van der Waals surface area contributed by atoms with Crippen molar-refractivity contribution < 1.29 is 4.79 Å². The van der Waals surface area contributed by atoms with Crippen molar-refractivity contribution in [2.24, 2.45) is 16.9 Å². The third kappa shape index (κ3) is 3.24. The van der Waals surface area contributed by atoms with E-state index in [2.05, 4.69) is 15.5 Å². The zero-order chi connectivity index (χ0) is 13.7. The fourth-order valence-electron chi connectivity index (χ4n) is 2.30. The summed E-state index contributed by atoms with van der Waals surface area (Å²) in [6, 6.07) is 6.88.